The Hall–Kier alpha value is -0.710. The molecule has 1 aliphatic rings. The predicted octanol–water partition coefficient (Wildman–Crippen LogP) is 2.82. The van der Waals surface area contributed by atoms with Crippen molar-refractivity contribution in [2.75, 3.05) is 26.7 Å². The Morgan fingerprint density at radius 3 is 2.47 bits per heavy atom. The maximum Gasteiger partial charge on any atom is 0.159 e. The number of likely N-dealkylation sites (tertiary alicyclic amines) is 1. The normalized spacial score (nSPS) is 17.2. The minimum atomic E-state index is -0.772. The third-order valence-corrected chi connectivity index (χ3v) is 3.59. The summed E-state index contributed by atoms with van der Waals surface area (Å²) in [6, 6.07) is 4.17. The third-order valence-electron chi connectivity index (χ3n) is 3.59. The van der Waals surface area contributed by atoms with Gasteiger partial charge in [0.05, 0.1) is 0 Å². The number of benzene rings is 1. The van der Waals surface area contributed by atoms with E-state index >= 15 is 0 Å². The van der Waals surface area contributed by atoms with E-state index in [1.54, 1.807) is 6.07 Å². The topological polar surface area (TPSA) is 15.3 Å². The molecule has 19 heavy (non-hydrogen) atoms. The first-order chi connectivity index (χ1) is 8.69. The van der Waals surface area contributed by atoms with E-state index in [9.17, 15) is 8.78 Å². The SMILES string of the molecule is CNCC1CCN(Cc2ccc(F)c(F)c2)CC1.Cl. The first-order valence-electron chi connectivity index (χ1n) is 6.50. The monoisotopic (exact) mass is 290 g/mol. The van der Waals surface area contributed by atoms with Gasteiger partial charge in [-0.15, -0.1) is 12.4 Å². The van der Waals surface area contributed by atoms with Crippen molar-refractivity contribution >= 4 is 12.4 Å². The van der Waals surface area contributed by atoms with E-state index in [1.807, 2.05) is 7.05 Å². The van der Waals surface area contributed by atoms with E-state index in [0.717, 1.165) is 31.1 Å². The van der Waals surface area contributed by atoms with Gasteiger partial charge in [0.15, 0.2) is 11.6 Å². The fourth-order valence-corrected chi connectivity index (χ4v) is 2.53. The lowest BCUT2D eigenvalue weighted by Gasteiger charge is -2.31. The van der Waals surface area contributed by atoms with Crippen molar-refractivity contribution in [1.82, 2.24) is 10.2 Å². The molecular formula is C14H21ClF2N2. The van der Waals surface area contributed by atoms with E-state index in [4.69, 9.17) is 0 Å². The first kappa shape index (κ1) is 16.3. The molecule has 1 aliphatic heterocycles. The summed E-state index contributed by atoms with van der Waals surface area (Å²) >= 11 is 0. The van der Waals surface area contributed by atoms with Crippen molar-refractivity contribution in [3.8, 4) is 0 Å². The van der Waals surface area contributed by atoms with Gasteiger partial charge in [-0.05, 0) is 63.1 Å². The van der Waals surface area contributed by atoms with E-state index in [1.165, 1.54) is 25.0 Å². The lowest BCUT2D eigenvalue weighted by molar-refractivity contribution is 0.176. The Bertz CT molecular complexity index is 393. The fraction of sp³-hybridized carbons (Fsp3) is 0.571. The minimum Gasteiger partial charge on any atom is -0.319 e. The van der Waals surface area contributed by atoms with Gasteiger partial charge in [-0.1, -0.05) is 6.07 Å². The molecule has 0 saturated carbocycles. The Kier molecular flexibility index (Phi) is 6.69. The van der Waals surface area contributed by atoms with Crippen LogP contribution in [-0.2, 0) is 6.54 Å². The van der Waals surface area contributed by atoms with Gasteiger partial charge in [-0.3, -0.25) is 4.90 Å². The standard InChI is InChI=1S/C14H20F2N2.ClH/c1-17-9-11-4-6-18(7-5-11)10-12-2-3-13(15)14(16)8-12;/h2-3,8,11,17H,4-7,9-10H2,1H3;1H. The number of nitrogens with zero attached hydrogens (tertiary/aromatic N) is 1. The number of hydrogen-bond donors (Lipinski definition) is 1. The molecule has 5 heteroatoms. The van der Waals surface area contributed by atoms with Gasteiger partial charge < -0.3 is 5.32 Å². The number of hydrogen-bond acceptors (Lipinski definition) is 2. The van der Waals surface area contributed by atoms with Crippen molar-refractivity contribution < 1.29 is 8.78 Å². The van der Waals surface area contributed by atoms with Crippen LogP contribution >= 0.6 is 12.4 Å². The average Bonchev–Trinajstić information content (AvgIpc) is 2.37. The van der Waals surface area contributed by atoms with Crippen molar-refractivity contribution in [3.63, 3.8) is 0 Å². The zero-order chi connectivity index (χ0) is 13.0. The molecule has 1 heterocycles. The van der Waals surface area contributed by atoms with Gasteiger partial charge in [0.25, 0.3) is 0 Å². The van der Waals surface area contributed by atoms with E-state index < -0.39 is 11.6 Å². The maximum absolute atomic E-state index is 13.1. The van der Waals surface area contributed by atoms with Gasteiger partial charge >= 0.3 is 0 Å². The highest BCUT2D eigenvalue weighted by atomic mass is 35.5. The molecule has 1 fully saturated rings. The second kappa shape index (κ2) is 7.78. The molecule has 2 rings (SSSR count). The molecule has 1 aromatic rings. The van der Waals surface area contributed by atoms with E-state index in [0.29, 0.717) is 6.54 Å². The first-order valence-corrected chi connectivity index (χ1v) is 6.50. The highest BCUT2D eigenvalue weighted by Gasteiger charge is 2.18. The highest BCUT2D eigenvalue weighted by molar-refractivity contribution is 5.85. The molecule has 2 nitrogen and oxygen atoms in total. The second-order valence-electron chi connectivity index (χ2n) is 5.03. The van der Waals surface area contributed by atoms with Gasteiger partial charge in [0, 0.05) is 6.54 Å². The smallest absolute Gasteiger partial charge is 0.159 e. The molecular weight excluding hydrogens is 270 g/mol. The summed E-state index contributed by atoms with van der Waals surface area (Å²) in [6.45, 7) is 3.85. The summed E-state index contributed by atoms with van der Waals surface area (Å²) in [5.74, 6) is -0.778. The summed E-state index contributed by atoms with van der Waals surface area (Å²) in [5.41, 5.74) is 0.848. The largest absolute Gasteiger partial charge is 0.319 e. The quantitative estimate of drug-likeness (QED) is 0.917. The number of nitrogens with one attached hydrogen (secondary N) is 1. The Morgan fingerprint density at radius 1 is 1.21 bits per heavy atom. The van der Waals surface area contributed by atoms with E-state index in [-0.39, 0.29) is 12.4 Å². The summed E-state index contributed by atoms with van der Waals surface area (Å²) in [5, 5.41) is 3.21. The van der Waals surface area contributed by atoms with Crippen LogP contribution in [0.2, 0.25) is 0 Å². The molecule has 1 saturated heterocycles. The number of piperidine rings is 1. The fourth-order valence-electron chi connectivity index (χ4n) is 2.53. The number of halogens is 3. The third kappa shape index (κ3) is 4.71. The summed E-state index contributed by atoms with van der Waals surface area (Å²) < 4.78 is 25.9. The van der Waals surface area contributed by atoms with Crippen molar-refractivity contribution in [3.05, 3.63) is 35.4 Å². The molecule has 0 amide bonds. The van der Waals surface area contributed by atoms with E-state index in [2.05, 4.69) is 10.2 Å². The van der Waals surface area contributed by atoms with Crippen LogP contribution in [0.3, 0.4) is 0 Å². The molecule has 0 aromatic heterocycles. The lowest BCUT2D eigenvalue weighted by Crippen LogP contribution is -2.36. The Morgan fingerprint density at radius 2 is 1.89 bits per heavy atom. The maximum atomic E-state index is 13.1. The summed E-state index contributed by atoms with van der Waals surface area (Å²) in [7, 11) is 1.98. The van der Waals surface area contributed by atoms with Crippen LogP contribution in [0.5, 0.6) is 0 Å². The zero-order valence-electron chi connectivity index (χ0n) is 11.2. The molecule has 108 valence electrons. The van der Waals surface area contributed by atoms with Crippen molar-refractivity contribution in [1.29, 1.82) is 0 Å². The van der Waals surface area contributed by atoms with Gasteiger partial charge in [0.2, 0.25) is 0 Å². The lowest BCUT2D eigenvalue weighted by atomic mass is 9.96. The Balaban J connectivity index is 0.00000180. The van der Waals surface area contributed by atoms with Crippen LogP contribution in [0, 0.1) is 17.6 Å². The van der Waals surface area contributed by atoms with Gasteiger partial charge in [0.1, 0.15) is 0 Å². The van der Waals surface area contributed by atoms with Crippen LogP contribution in [0.15, 0.2) is 18.2 Å². The van der Waals surface area contributed by atoms with Crippen molar-refractivity contribution in [2.45, 2.75) is 19.4 Å². The average molecular weight is 291 g/mol. The van der Waals surface area contributed by atoms with Gasteiger partial charge in [-0.25, -0.2) is 8.78 Å². The molecule has 0 unspecified atom stereocenters. The summed E-state index contributed by atoms with van der Waals surface area (Å²) in [4.78, 5) is 2.30. The predicted molar refractivity (Wildman–Crippen MR) is 75.5 cm³/mol. The molecule has 0 atom stereocenters. The molecule has 0 radical (unpaired) electrons. The molecule has 1 N–H and O–H groups in total. The highest BCUT2D eigenvalue weighted by Crippen LogP contribution is 2.19. The molecule has 0 aliphatic carbocycles. The number of rotatable bonds is 4. The zero-order valence-corrected chi connectivity index (χ0v) is 12.0. The summed E-state index contributed by atoms with van der Waals surface area (Å²) in [6.07, 6.45) is 2.34. The van der Waals surface area contributed by atoms with Crippen LogP contribution in [0.1, 0.15) is 18.4 Å². The molecule has 0 bridgehead atoms. The second-order valence-corrected chi connectivity index (χ2v) is 5.03. The van der Waals surface area contributed by atoms with Crippen LogP contribution in [0.25, 0.3) is 0 Å². The van der Waals surface area contributed by atoms with Crippen LogP contribution in [-0.4, -0.2) is 31.6 Å². The van der Waals surface area contributed by atoms with Gasteiger partial charge in [-0.2, -0.15) is 0 Å². The van der Waals surface area contributed by atoms with Crippen LogP contribution < -0.4 is 5.32 Å². The molecule has 0 spiro atoms. The van der Waals surface area contributed by atoms with Crippen LogP contribution in [0.4, 0.5) is 8.78 Å². The molecule has 1 aromatic carbocycles. The van der Waals surface area contributed by atoms with Crippen molar-refractivity contribution in [2.24, 2.45) is 5.92 Å². The Labute approximate surface area is 119 Å². The minimum absolute atomic E-state index is 0.